The molecule has 0 aromatic heterocycles. The van der Waals surface area contributed by atoms with Gasteiger partial charge in [-0.2, -0.15) is 0 Å². The van der Waals surface area contributed by atoms with E-state index >= 15 is 0 Å². The van der Waals surface area contributed by atoms with Gasteiger partial charge in [0.1, 0.15) is 6.73 Å². The summed E-state index contributed by atoms with van der Waals surface area (Å²) in [5, 5.41) is 20.8. The fourth-order valence-electron chi connectivity index (χ4n) is 1.00. The molecule has 0 bridgehead atoms. The largest absolute Gasteiger partial charge is 0.396 e. The first-order chi connectivity index (χ1) is 7.51. The van der Waals surface area contributed by atoms with E-state index in [9.17, 15) is 4.79 Å². The van der Waals surface area contributed by atoms with Crippen molar-refractivity contribution in [1.82, 2.24) is 5.32 Å². The predicted octanol–water partition coefficient (Wildman–Crippen LogP) is 0.0338. The van der Waals surface area contributed by atoms with Gasteiger partial charge < -0.3 is 20.3 Å². The highest BCUT2D eigenvalue weighted by atomic mass is 16.5. The van der Waals surface area contributed by atoms with Crippen LogP contribution in [0.5, 0.6) is 0 Å². The third-order valence-corrected chi connectivity index (χ3v) is 2.55. The zero-order chi connectivity index (χ0) is 12.6. The van der Waals surface area contributed by atoms with Crippen molar-refractivity contribution in [3.05, 3.63) is 12.2 Å². The number of hydrogen-bond donors (Lipinski definition) is 3. The average Bonchev–Trinajstić information content (AvgIpc) is 2.30. The van der Waals surface area contributed by atoms with Gasteiger partial charge in [0.25, 0.3) is 0 Å². The summed E-state index contributed by atoms with van der Waals surface area (Å²) in [5.41, 5.74) is -0.219. The normalized spacial score (nSPS) is 11.2. The van der Waals surface area contributed by atoms with E-state index in [4.69, 9.17) is 14.9 Å². The molecule has 0 rings (SSSR count). The van der Waals surface area contributed by atoms with Crippen LogP contribution in [0.2, 0.25) is 0 Å². The Kier molecular flexibility index (Phi) is 6.96. The summed E-state index contributed by atoms with van der Waals surface area (Å²) in [4.78, 5) is 11.1. The van der Waals surface area contributed by atoms with E-state index in [1.54, 1.807) is 6.92 Å². The van der Waals surface area contributed by atoms with Crippen LogP contribution in [0.4, 0.5) is 0 Å². The van der Waals surface area contributed by atoms with Gasteiger partial charge in [0.15, 0.2) is 0 Å². The Morgan fingerprint density at radius 1 is 1.44 bits per heavy atom. The van der Waals surface area contributed by atoms with Gasteiger partial charge >= 0.3 is 0 Å². The van der Waals surface area contributed by atoms with Gasteiger partial charge in [-0.1, -0.05) is 13.5 Å². The monoisotopic (exact) mass is 231 g/mol. The molecule has 1 amide bonds. The summed E-state index contributed by atoms with van der Waals surface area (Å²) in [6.07, 6.45) is 0.606. The van der Waals surface area contributed by atoms with Gasteiger partial charge in [-0.15, -0.1) is 0 Å². The zero-order valence-electron chi connectivity index (χ0n) is 9.95. The van der Waals surface area contributed by atoms with Gasteiger partial charge in [0, 0.05) is 11.0 Å². The molecule has 0 spiro atoms. The summed E-state index contributed by atoms with van der Waals surface area (Å²) < 4.78 is 5.20. The minimum Gasteiger partial charge on any atom is -0.396 e. The standard InChI is InChI=1S/C11H21NO4/c1-4-11(5-13,6-14)7-16-8-12-10(15)9(2)3/h13-14H,2,4-8H2,1,3H3,(H,12,15). The molecule has 0 radical (unpaired) electrons. The Morgan fingerprint density at radius 2 is 2.00 bits per heavy atom. The number of aliphatic hydroxyl groups is 2. The molecule has 0 aromatic carbocycles. The van der Waals surface area contributed by atoms with Crippen LogP contribution >= 0.6 is 0 Å². The molecule has 0 aliphatic rings. The van der Waals surface area contributed by atoms with E-state index in [1.165, 1.54) is 0 Å². The van der Waals surface area contributed by atoms with Crippen molar-refractivity contribution < 1.29 is 19.7 Å². The van der Waals surface area contributed by atoms with Crippen LogP contribution in [0.15, 0.2) is 12.2 Å². The predicted molar refractivity (Wildman–Crippen MR) is 60.7 cm³/mol. The molecule has 0 aliphatic heterocycles. The maximum Gasteiger partial charge on any atom is 0.248 e. The van der Waals surface area contributed by atoms with E-state index < -0.39 is 5.41 Å². The second-order valence-corrected chi connectivity index (χ2v) is 3.95. The number of aliphatic hydroxyl groups excluding tert-OH is 2. The van der Waals surface area contributed by atoms with Crippen molar-refractivity contribution in [3.63, 3.8) is 0 Å². The number of carbonyl (C=O) groups excluding carboxylic acids is 1. The van der Waals surface area contributed by atoms with Crippen LogP contribution < -0.4 is 5.32 Å². The molecule has 5 nitrogen and oxygen atoms in total. The van der Waals surface area contributed by atoms with Crippen molar-refractivity contribution in [2.24, 2.45) is 5.41 Å². The molecule has 5 heteroatoms. The van der Waals surface area contributed by atoms with Crippen molar-refractivity contribution in [1.29, 1.82) is 0 Å². The number of rotatable bonds is 8. The summed E-state index contributed by atoms with van der Waals surface area (Å²) in [6, 6.07) is 0. The molecule has 16 heavy (non-hydrogen) atoms. The highest BCUT2D eigenvalue weighted by Crippen LogP contribution is 2.20. The second kappa shape index (κ2) is 7.38. The number of ether oxygens (including phenoxy) is 1. The lowest BCUT2D eigenvalue weighted by Gasteiger charge is -2.27. The Hall–Kier alpha value is -0.910. The van der Waals surface area contributed by atoms with Crippen molar-refractivity contribution >= 4 is 5.91 Å². The number of amides is 1. The Balaban J connectivity index is 3.88. The third kappa shape index (κ3) is 4.74. The van der Waals surface area contributed by atoms with Crippen LogP contribution in [-0.4, -0.2) is 42.7 Å². The minimum absolute atomic E-state index is 0.0491. The van der Waals surface area contributed by atoms with Crippen molar-refractivity contribution in [2.75, 3.05) is 26.6 Å². The third-order valence-electron chi connectivity index (χ3n) is 2.55. The van der Waals surface area contributed by atoms with Gasteiger partial charge in [0.05, 0.1) is 19.8 Å². The second-order valence-electron chi connectivity index (χ2n) is 3.95. The summed E-state index contributed by atoms with van der Waals surface area (Å²) in [5.74, 6) is -0.268. The first-order valence-corrected chi connectivity index (χ1v) is 5.24. The first kappa shape index (κ1) is 15.1. The molecule has 0 aliphatic carbocycles. The molecule has 0 saturated carbocycles. The highest BCUT2D eigenvalue weighted by molar-refractivity contribution is 5.91. The molecule has 0 saturated heterocycles. The van der Waals surface area contributed by atoms with Crippen LogP contribution in [0.1, 0.15) is 20.3 Å². The van der Waals surface area contributed by atoms with Crippen LogP contribution in [0, 0.1) is 5.41 Å². The molecular formula is C11H21NO4. The Morgan fingerprint density at radius 3 is 2.38 bits per heavy atom. The van der Waals surface area contributed by atoms with Gasteiger partial charge in [-0.25, -0.2) is 0 Å². The highest BCUT2D eigenvalue weighted by Gasteiger charge is 2.26. The fraction of sp³-hybridized carbons (Fsp3) is 0.727. The van der Waals surface area contributed by atoms with Crippen LogP contribution in [0.3, 0.4) is 0 Å². The number of nitrogens with one attached hydrogen (secondary N) is 1. The van der Waals surface area contributed by atoms with Gasteiger partial charge in [-0.3, -0.25) is 4.79 Å². The molecule has 0 unspecified atom stereocenters. The molecule has 0 aromatic rings. The molecular weight excluding hydrogens is 210 g/mol. The average molecular weight is 231 g/mol. The zero-order valence-corrected chi connectivity index (χ0v) is 9.95. The molecule has 94 valence electrons. The lowest BCUT2D eigenvalue weighted by molar-refractivity contribution is -0.120. The van der Waals surface area contributed by atoms with E-state index in [1.807, 2.05) is 6.92 Å². The SMILES string of the molecule is C=C(C)C(=O)NCOCC(CC)(CO)CO. The van der Waals surface area contributed by atoms with E-state index in [2.05, 4.69) is 11.9 Å². The van der Waals surface area contributed by atoms with E-state index in [-0.39, 0.29) is 32.5 Å². The summed E-state index contributed by atoms with van der Waals surface area (Å²) in [7, 11) is 0. The molecule has 0 atom stereocenters. The number of hydrogen-bond acceptors (Lipinski definition) is 4. The lowest BCUT2D eigenvalue weighted by Crippen LogP contribution is -2.36. The van der Waals surface area contributed by atoms with Gasteiger partial charge in [0.2, 0.25) is 5.91 Å². The van der Waals surface area contributed by atoms with E-state index in [0.29, 0.717) is 12.0 Å². The summed E-state index contributed by atoms with van der Waals surface area (Å²) >= 11 is 0. The van der Waals surface area contributed by atoms with Crippen molar-refractivity contribution in [2.45, 2.75) is 20.3 Å². The maximum atomic E-state index is 11.1. The molecule has 0 fully saturated rings. The van der Waals surface area contributed by atoms with Crippen LogP contribution in [0.25, 0.3) is 0 Å². The van der Waals surface area contributed by atoms with Gasteiger partial charge in [-0.05, 0) is 13.3 Å². The smallest absolute Gasteiger partial charge is 0.248 e. The fourth-order valence-corrected chi connectivity index (χ4v) is 1.00. The van der Waals surface area contributed by atoms with Crippen molar-refractivity contribution in [3.8, 4) is 0 Å². The summed E-state index contributed by atoms with van der Waals surface area (Å²) in [6.45, 7) is 6.91. The Labute approximate surface area is 96.1 Å². The lowest BCUT2D eigenvalue weighted by atomic mass is 9.88. The minimum atomic E-state index is -0.631. The number of carbonyl (C=O) groups is 1. The first-order valence-electron chi connectivity index (χ1n) is 5.24. The molecule has 0 heterocycles. The van der Waals surface area contributed by atoms with Crippen LogP contribution in [-0.2, 0) is 9.53 Å². The van der Waals surface area contributed by atoms with E-state index in [0.717, 1.165) is 0 Å². The quantitative estimate of drug-likeness (QED) is 0.313. The maximum absolute atomic E-state index is 11.1. The topological polar surface area (TPSA) is 78.8 Å². The molecule has 3 N–H and O–H groups in total. The Bertz CT molecular complexity index is 228.